The third kappa shape index (κ3) is 6.91. The van der Waals surface area contributed by atoms with Crippen molar-refractivity contribution < 1.29 is 31.5 Å². The fourth-order valence-electron chi connectivity index (χ4n) is 2.62. The largest absolute Gasteiger partial charge is 0.450 e. The average Bonchev–Trinajstić information content (AvgIpc) is 2.87. The molecular formula is C18H20F5N3O2S. The van der Waals surface area contributed by atoms with Gasteiger partial charge in [0.1, 0.15) is 29.0 Å². The smallest absolute Gasteiger partial charge is 0.406 e. The van der Waals surface area contributed by atoms with Crippen LogP contribution in [0.25, 0.3) is 0 Å². The summed E-state index contributed by atoms with van der Waals surface area (Å²) in [5.74, 6) is -1.75. The number of rotatable bonds is 8. The Balaban J connectivity index is 2.43. The van der Waals surface area contributed by atoms with Crippen LogP contribution >= 0.6 is 11.8 Å². The van der Waals surface area contributed by atoms with Crippen molar-refractivity contribution in [2.45, 2.75) is 55.2 Å². The Bertz CT molecular complexity index is 848. The fourth-order valence-corrected chi connectivity index (χ4v) is 3.85. The molecule has 0 aliphatic heterocycles. The van der Waals surface area contributed by atoms with Crippen molar-refractivity contribution in [1.29, 1.82) is 0 Å². The number of imidazole rings is 1. The van der Waals surface area contributed by atoms with Crippen LogP contribution in [0.1, 0.15) is 37.7 Å². The maximum Gasteiger partial charge on any atom is 0.406 e. The number of aromatic nitrogens is 2. The van der Waals surface area contributed by atoms with Crippen molar-refractivity contribution >= 4 is 17.9 Å². The zero-order chi connectivity index (χ0) is 21.8. The number of hydrogen-bond donors (Lipinski definition) is 1. The highest BCUT2D eigenvalue weighted by Gasteiger charge is 2.32. The molecule has 11 heteroatoms. The number of primary amides is 1. The van der Waals surface area contributed by atoms with Crippen LogP contribution in [-0.2, 0) is 17.7 Å². The SMILES string of the molecule is CC(C)c1nc(CCCOC(N)=O)n(CC(F)(F)F)c1Sc1cc(F)cc(F)c1. The Morgan fingerprint density at radius 1 is 1.24 bits per heavy atom. The van der Waals surface area contributed by atoms with Crippen LogP contribution in [0, 0.1) is 11.6 Å². The van der Waals surface area contributed by atoms with Gasteiger partial charge in [-0.3, -0.25) is 0 Å². The first kappa shape index (κ1) is 23.0. The summed E-state index contributed by atoms with van der Waals surface area (Å²) in [4.78, 5) is 15.1. The zero-order valence-electron chi connectivity index (χ0n) is 15.7. The summed E-state index contributed by atoms with van der Waals surface area (Å²) in [6.07, 6.45) is -5.19. The van der Waals surface area contributed by atoms with E-state index in [-0.39, 0.29) is 41.1 Å². The van der Waals surface area contributed by atoms with Gasteiger partial charge >= 0.3 is 12.3 Å². The molecule has 160 valence electrons. The summed E-state index contributed by atoms with van der Waals surface area (Å²) in [6.45, 7) is 2.15. The van der Waals surface area contributed by atoms with Crippen LogP contribution < -0.4 is 5.73 Å². The Morgan fingerprint density at radius 2 is 1.86 bits per heavy atom. The first-order valence-electron chi connectivity index (χ1n) is 8.68. The van der Waals surface area contributed by atoms with Crippen molar-refractivity contribution in [2.24, 2.45) is 5.73 Å². The van der Waals surface area contributed by atoms with E-state index in [1.807, 2.05) is 0 Å². The second kappa shape index (κ2) is 9.47. The number of carbonyl (C=O) groups is 1. The highest BCUT2D eigenvalue weighted by Crippen LogP contribution is 2.37. The van der Waals surface area contributed by atoms with Crippen molar-refractivity contribution in [3.05, 3.63) is 41.4 Å². The number of alkyl halides is 3. The van der Waals surface area contributed by atoms with Gasteiger partial charge in [-0.2, -0.15) is 13.2 Å². The van der Waals surface area contributed by atoms with Crippen LogP contribution in [0.3, 0.4) is 0 Å². The molecule has 1 aromatic heterocycles. The fraction of sp³-hybridized carbons (Fsp3) is 0.444. The minimum Gasteiger partial charge on any atom is -0.450 e. The minimum atomic E-state index is -4.53. The Morgan fingerprint density at radius 3 is 2.38 bits per heavy atom. The molecule has 1 aromatic carbocycles. The average molecular weight is 437 g/mol. The van der Waals surface area contributed by atoms with Crippen molar-refractivity contribution in [3.8, 4) is 0 Å². The first-order chi connectivity index (χ1) is 13.5. The number of carbonyl (C=O) groups excluding carboxylic acids is 1. The van der Waals surface area contributed by atoms with Gasteiger partial charge in [-0.15, -0.1) is 0 Å². The number of hydrogen-bond acceptors (Lipinski definition) is 4. The predicted octanol–water partition coefficient (Wildman–Crippen LogP) is 5.03. The van der Waals surface area contributed by atoms with Crippen molar-refractivity contribution in [2.75, 3.05) is 6.61 Å². The molecule has 2 N–H and O–H groups in total. The number of nitrogens with two attached hydrogens (primary N) is 1. The van der Waals surface area contributed by atoms with Gasteiger partial charge in [0, 0.05) is 17.4 Å². The van der Waals surface area contributed by atoms with E-state index in [1.165, 1.54) is 0 Å². The van der Waals surface area contributed by atoms with Gasteiger partial charge in [-0.1, -0.05) is 25.6 Å². The molecule has 0 atom stereocenters. The maximum atomic E-state index is 13.5. The van der Waals surface area contributed by atoms with Crippen LogP contribution in [0.4, 0.5) is 26.7 Å². The topological polar surface area (TPSA) is 70.1 Å². The molecule has 0 saturated heterocycles. The summed E-state index contributed by atoms with van der Waals surface area (Å²) in [7, 11) is 0. The highest BCUT2D eigenvalue weighted by atomic mass is 32.2. The lowest BCUT2D eigenvalue weighted by Gasteiger charge is -2.15. The van der Waals surface area contributed by atoms with Crippen LogP contribution in [-0.4, -0.2) is 28.4 Å². The number of nitrogens with zero attached hydrogens (tertiary/aromatic N) is 2. The third-order valence-electron chi connectivity index (χ3n) is 3.75. The molecule has 5 nitrogen and oxygen atoms in total. The van der Waals surface area contributed by atoms with Gasteiger partial charge in [0.2, 0.25) is 0 Å². The summed E-state index contributed by atoms with van der Waals surface area (Å²) in [5.41, 5.74) is 5.25. The monoisotopic (exact) mass is 437 g/mol. The van der Waals surface area contributed by atoms with Gasteiger partial charge in [-0.25, -0.2) is 18.6 Å². The number of ether oxygens (including phenoxy) is 1. The normalized spacial score (nSPS) is 11.9. The van der Waals surface area contributed by atoms with E-state index < -0.39 is 30.4 Å². The Labute approximate surface area is 168 Å². The quantitative estimate of drug-likeness (QED) is 0.465. The number of aryl methyl sites for hydroxylation is 1. The van der Waals surface area contributed by atoms with Crippen LogP contribution in [0.2, 0.25) is 0 Å². The molecule has 2 aromatic rings. The summed E-state index contributed by atoms with van der Waals surface area (Å²) in [5, 5.41) is 0.160. The van der Waals surface area contributed by atoms with E-state index in [2.05, 4.69) is 9.72 Å². The Kier molecular flexibility index (Phi) is 7.50. The molecule has 29 heavy (non-hydrogen) atoms. The van der Waals surface area contributed by atoms with Gasteiger partial charge < -0.3 is 15.0 Å². The van der Waals surface area contributed by atoms with E-state index in [9.17, 15) is 26.7 Å². The second-order valence-corrected chi connectivity index (χ2v) is 7.61. The second-order valence-electron chi connectivity index (χ2n) is 6.55. The summed E-state index contributed by atoms with van der Waals surface area (Å²) >= 11 is 0.818. The zero-order valence-corrected chi connectivity index (χ0v) is 16.5. The van der Waals surface area contributed by atoms with E-state index in [0.717, 1.165) is 28.5 Å². The maximum absolute atomic E-state index is 13.5. The molecule has 0 radical (unpaired) electrons. The van der Waals surface area contributed by atoms with Crippen LogP contribution in [0.5, 0.6) is 0 Å². The van der Waals surface area contributed by atoms with Gasteiger partial charge in [0.25, 0.3) is 0 Å². The lowest BCUT2D eigenvalue weighted by Crippen LogP contribution is -2.21. The van der Waals surface area contributed by atoms with Crippen molar-refractivity contribution in [1.82, 2.24) is 9.55 Å². The Hall–Kier alpha value is -2.30. The molecule has 0 aliphatic carbocycles. The van der Waals surface area contributed by atoms with Gasteiger partial charge in [-0.05, 0) is 24.5 Å². The van der Waals surface area contributed by atoms with Crippen molar-refractivity contribution in [3.63, 3.8) is 0 Å². The van der Waals surface area contributed by atoms with E-state index >= 15 is 0 Å². The van der Waals surface area contributed by atoms with E-state index in [1.54, 1.807) is 13.8 Å². The van der Waals surface area contributed by atoms with Gasteiger partial charge in [0.15, 0.2) is 0 Å². The molecular weight excluding hydrogens is 417 g/mol. The number of amides is 1. The molecule has 1 heterocycles. The molecule has 0 bridgehead atoms. The summed E-state index contributed by atoms with van der Waals surface area (Å²) < 4.78 is 72.3. The van der Waals surface area contributed by atoms with Crippen LogP contribution in [0.15, 0.2) is 28.1 Å². The lowest BCUT2D eigenvalue weighted by molar-refractivity contribution is -0.142. The molecule has 0 aliphatic rings. The third-order valence-corrected chi connectivity index (χ3v) is 4.84. The molecule has 0 saturated carbocycles. The molecule has 2 rings (SSSR count). The molecule has 0 unspecified atom stereocenters. The molecule has 0 fully saturated rings. The number of halogens is 5. The predicted molar refractivity (Wildman–Crippen MR) is 96.7 cm³/mol. The first-order valence-corrected chi connectivity index (χ1v) is 9.50. The highest BCUT2D eigenvalue weighted by molar-refractivity contribution is 7.99. The van der Waals surface area contributed by atoms with Gasteiger partial charge in [0.05, 0.1) is 12.3 Å². The number of benzene rings is 1. The lowest BCUT2D eigenvalue weighted by atomic mass is 10.1. The standard InChI is InChI=1S/C18H20F5N3O2S/c1-10(2)15-16(29-13-7-11(19)6-12(20)8-13)26(9-18(21,22)23)14(25-15)4-3-5-28-17(24)27/h6-8,10H,3-5,9H2,1-2H3,(H2,24,27). The summed E-state index contributed by atoms with van der Waals surface area (Å²) in [6, 6.07) is 2.77. The minimum absolute atomic E-state index is 0.0667. The van der Waals surface area contributed by atoms with E-state index in [4.69, 9.17) is 5.73 Å². The van der Waals surface area contributed by atoms with E-state index in [0.29, 0.717) is 11.8 Å². The molecule has 1 amide bonds. The molecule has 0 spiro atoms.